The normalized spacial score (nSPS) is 22.4. The average Bonchev–Trinajstić information content (AvgIpc) is 2.30. The van der Waals surface area contributed by atoms with Gasteiger partial charge in [-0.1, -0.05) is 17.7 Å². The number of Topliss-reactive ketones (excluding diaryl/α,β-unsaturated/α-hetero) is 1. The Hall–Kier alpha value is -1.19. The van der Waals surface area contributed by atoms with Crippen LogP contribution < -0.4 is 0 Å². The highest BCUT2D eigenvalue weighted by molar-refractivity contribution is 5.99. The Morgan fingerprint density at radius 2 is 2.05 bits per heavy atom. The Bertz CT molecular complexity index is 464. The van der Waals surface area contributed by atoms with E-state index in [4.69, 9.17) is 0 Å². The van der Waals surface area contributed by atoms with Gasteiger partial charge in [-0.15, -0.1) is 0 Å². The number of aliphatic hydroxyl groups excluding tert-OH is 1. The van der Waals surface area contributed by atoms with Gasteiger partial charge in [0.2, 0.25) is 0 Å². The van der Waals surface area contributed by atoms with Crippen molar-refractivity contribution in [1.82, 2.24) is 4.90 Å². The van der Waals surface area contributed by atoms with E-state index in [1.807, 2.05) is 39.1 Å². The zero-order valence-corrected chi connectivity index (χ0v) is 12.0. The van der Waals surface area contributed by atoms with Gasteiger partial charge < -0.3 is 5.11 Å². The van der Waals surface area contributed by atoms with Crippen molar-refractivity contribution in [3.63, 3.8) is 0 Å². The first kappa shape index (κ1) is 14.2. The van der Waals surface area contributed by atoms with Crippen LogP contribution in [0, 0.1) is 19.8 Å². The van der Waals surface area contributed by atoms with E-state index in [-0.39, 0.29) is 11.9 Å². The van der Waals surface area contributed by atoms with Gasteiger partial charge in [0.15, 0.2) is 5.78 Å². The molecule has 1 fully saturated rings. The summed E-state index contributed by atoms with van der Waals surface area (Å²) in [6.45, 7) is 5.34. The first-order chi connectivity index (χ1) is 8.95. The lowest BCUT2D eigenvalue weighted by Gasteiger charge is -2.34. The van der Waals surface area contributed by atoms with Crippen molar-refractivity contribution in [3.8, 4) is 0 Å². The molecule has 0 bridgehead atoms. The second kappa shape index (κ2) is 5.85. The number of benzene rings is 1. The zero-order chi connectivity index (χ0) is 14.0. The molecule has 0 saturated heterocycles. The lowest BCUT2D eigenvalue weighted by Crippen LogP contribution is -2.39. The highest BCUT2D eigenvalue weighted by atomic mass is 16.3. The molecular formula is C16H23NO2. The first-order valence-corrected chi connectivity index (χ1v) is 6.92. The fraction of sp³-hybridized carbons (Fsp3) is 0.562. The minimum atomic E-state index is -0.117. The van der Waals surface area contributed by atoms with E-state index in [1.165, 1.54) is 0 Å². The molecule has 0 aliphatic heterocycles. The number of nitrogens with zero attached hydrogens (tertiary/aromatic N) is 1. The maximum atomic E-state index is 12.3. The van der Waals surface area contributed by atoms with E-state index in [2.05, 4.69) is 4.90 Å². The molecule has 2 rings (SSSR count). The minimum absolute atomic E-state index is 0.117. The Kier molecular flexibility index (Phi) is 4.38. The van der Waals surface area contributed by atoms with Gasteiger partial charge in [0.1, 0.15) is 0 Å². The monoisotopic (exact) mass is 261 g/mol. The standard InChI is InChI=1S/C16H23NO2/c1-11-4-5-12(2)15(6-11)16(19)10-17(3)9-13-7-14(18)8-13/h4-6,13-14,18H,7-10H2,1-3H3. The number of hydrogen-bond acceptors (Lipinski definition) is 3. The largest absolute Gasteiger partial charge is 0.393 e. The molecule has 1 aliphatic rings. The van der Waals surface area contributed by atoms with E-state index in [1.54, 1.807) is 0 Å². The maximum absolute atomic E-state index is 12.3. The second-order valence-electron chi connectivity index (χ2n) is 5.93. The highest BCUT2D eigenvalue weighted by Gasteiger charge is 2.28. The molecule has 0 atom stereocenters. The topological polar surface area (TPSA) is 40.5 Å². The van der Waals surface area contributed by atoms with Crippen molar-refractivity contribution < 1.29 is 9.90 Å². The predicted octanol–water partition coefficient (Wildman–Crippen LogP) is 2.19. The molecule has 1 aromatic carbocycles. The van der Waals surface area contributed by atoms with Crippen molar-refractivity contribution in [2.24, 2.45) is 5.92 Å². The molecule has 1 aliphatic carbocycles. The number of rotatable bonds is 5. The zero-order valence-electron chi connectivity index (χ0n) is 12.0. The van der Waals surface area contributed by atoms with E-state index in [0.29, 0.717) is 12.5 Å². The van der Waals surface area contributed by atoms with Crippen LogP contribution in [0.15, 0.2) is 18.2 Å². The van der Waals surface area contributed by atoms with Crippen molar-refractivity contribution in [2.45, 2.75) is 32.8 Å². The predicted molar refractivity (Wildman–Crippen MR) is 76.5 cm³/mol. The van der Waals surface area contributed by atoms with Crippen LogP contribution >= 0.6 is 0 Å². The first-order valence-electron chi connectivity index (χ1n) is 6.92. The quantitative estimate of drug-likeness (QED) is 0.826. The Morgan fingerprint density at radius 3 is 2.68 bits per heavy atom. The number of carbonyl (C=O) groups excluding carboxylic acids is 1. The Morgan fingerprint density at radius 1 is 1.37 bits per heavy atom. The number of aryl methyl sites for hydroxylation is 2. The van der Waals surface area contributed by atoms with Crippen LogP contribution in [-0.2, 0) is 0 Å². The van der Waals surface area contributed by atoms with Gasteiger partial charge in [-0.3, -0.25) is 9.69 Å². The molecule has 1 aromatic rings. The molecule has 0 unspecified atom stereocenters. The van der Waals surface area contributed by atoms with Crippen molar-refractivity contribution in [1.29, 1.82) is 0 Å². The van der Waals surface area contributed by atoms with Crippen molar-refractivity contribution in [3.05, 3.63) is 34.9 Å². The summed E-state index contributed by atoms with van der Waals surface area (Å²) in [7, 11) is 1.98. The van der Waals surface area contributed by atoms with Crippen molar-refractivity contribution in [2.75, 3.05) is 20.1 Å². The molecule has 0 spiro atoms. The van der Waals surface area contributed by atoms with Gasteiger partial charge in [-0.25, -0.2) is 0 Å². The van der Waals surface area contributed by atoms with Gasteiger partial charge in [-0.2, -0.15) is 0 Å². The molecular weight excluding hydrogens is 238 g/mol. The van der Waals surface area contributed by atoms with Gasteiger partial charge in [0.25, 0.3) is 0 Å². The molecule has 19 heavy (non-hydrogen) atoms. The summed E-state index contributed by atoms with van der Waals surface area (Å²) < 4.78 is 0. The number of hydrogen-bond donors (Lipinski definition) is 1. The third-order valence-electron chi connectivity index (χ3n) is 3.89. The summed E-state index contributed by atoms with van der Waals surface area (Å²) in [5.41, 5.74) is 3.00. The second-order valence-corrected chi connectivity index (χ2v) is 5.93. The van der Waals surface area contributed by atoms with Crippen LogP contribution in [0.5, 0.6) is 0 Å². The van der Waals surface area contributed by atoms with Crippen LogP contribution in [0.2, 0.25) is 0 Å². The molecule has 3 heteroatoms. The van der Waals surface area contributed by atoms with Crippen molar-refractivity contribution >= 4 is 5.78 Å². The van der Waals surface area contributed by atoms with Crippen LogP contribution in [0.4, 0.5) is 0 Å². The maximum Gasteiger partial charge on any atom is 0.177 e. The third-order valence-corrected chi connectivity index (χ3v) is 3.89. The fourth-order valence-corrected chi connectivity index (χ4v) is 2.72. The molecule has 0 heterocycles. The third kappa shape index (κ3) is 3.64. The summed E-state index contributed by atoms with van der Waals surface area (Å²) >= 11 is 0. The molecule has 0 radical (unpaired) electrons. The van der Waals surface area contributed by atoms with Crippen LogP contribution in [-0.4, -0.2) is 42.0 Å². The summed E-state index contributed by atoms with van der Waals surface area (Å²) in [6, 6.07) is 6.01. The van der Waals surface area contributed by atoms with Gasteiger partial charge in [-0.05, 0) is 51.3 Å². The van der Waals surface area contributed by atoms with E-state index < -0.39 is 0 Å². The highest BCUT2D eigenvalue weighted by Crippen LogP contribution is 2.27. The summed E-state index contributed by atoms with van der Waals surface area (Å²) in [4.78, 5) is 14.4. The molecule has 1 N–H and O–H groups in total. The lowest BCUT2D eigenvalue weighted by atomic mass is 9.82. The molecule has 104 valence electrons. The van der Waals surface area contributed by atoms with Crippen LogP contribution in [0.1, 0.15) is 34.3 Å². The van der Waals surface area contributed by atoms with Crippen LogP contribution in [0.3, 0.4) is 0 Å². The number of ketones is 1. The molecule has 3 nitrogen and oxygen atoms in total. The molecule has 0 amide bonds. The van der Waals surface area contributed by atoms with E-state index in [0.717, 1.165) is 36.1 Å². The summed E-state index contributed by atoms with van der Waals surface area (Å²) in [5.74, 6) is 0.731. The SMILES string of the molecule is Cc1ccc(C)c(C(=O)CN(C)CC2CC(O)C2)c1. The molecule has 1 saturated carbocycles. The Balaban J connectivity index is 1.91. The fourth-order valence-electron chi connectivity index (χ4n) is 2.72. The number of likely N-dealkylation sites (N-methyl/N-ethyl adjacent to an activating group) is 1. The van der Waals surface area contributed by atoms with E-state index >= 15 is 0 Å². The summed E-state index contributed by atoms with van der Waals surface area (Å²) in [5, 5.41) is 9.27. The van der Waals surface area contributed by atoms with Gasteiger partial charge >= 0.3 is 0 Å². The van der Waals surface area contributed by atoms with Gasteiger partial charge in [0.05, 0.1) is 12.6 Å². The average molecular weight is 261 g/mol. The number of aliphatic hydroxyl groups is 1. The minimum Gasteiger partial charge on any atom is -0.393 e. The van der Waals surface area contributed by atoms with Gasteiger partial charge in [0, 0.05) is 12.1 Å². The van der Waals surface area contributed by atoms with E-state index in [9.17, 15) is 9.90 Å². The summed E-state index contributed by atoms with van der Waals surface area (Å²) in [6.07, 6.45) is 1.64. The smallest absolute Gasteiger partial charge is 0.177 e. The molecule has 0 aromatic heterocycles. The lowest BCUT2D eigenvalue weighted by molar-refractivity contribution is 0.0286. The number of carbonyl (C=O) groups is 1. The Labute approximate surface area is 115 Å². The van der Waals surface area contributed by atoms with Crippen LogP contribution in [0.25, 0.3) is 0 Å².